The minimum Gasteiger partial charge on any atom is -0.624 e. The molecule has 0 aliphatic carbocycles. The van der Waals surface area contributed by atoms with Crippen LogP contribution in [0.1, 0.15) is 5.56 Å². The molecule has 12 heteroatoms. The molecule has 0 spiro atoms. The first kappa shape index (κ1) is 25.5. The van der Waals surface area contributed by atoms with Gasteiger partial charge in [-0.2, -0.15) is 0 Å². The first-order chi connectivity index (χ1) is 14.6. The largest absolute Gasteiger partial charge is 0.624 e. The van der Waals surface area contributed by atoms with Gasteiger partial charge in [-0.05, 0) is 23.4 Å². The van der Waals surface area contributed by atoms with Gasteiger partial charge in [-0.15, -0.1) is 0 Å². The number of alkyl halides is 3. The van der Waals surface area contributed by atoms with E-state index < -0.39 is 27.8 Å². The number of hydrogen-bond acceptors (Lipinski definition) is 6. The Balaban J connectivity index is 1.98. The van der Waals surface area contributed by atoms with Crippen LogP contribution < -0.4 is 5.32 Å². The first-order valence-electron chi connectivity index (χ1n) is 9.11. The number of rotatable bonds is 8. The fourth-order valence-electron chi connectivity index (χ4n) is 2.80. The number of hydroxylamine groups is 1. The van der Waals surface area contributed by atoms with Crippen LogP contribution in [0.25, 0.3) is 10.9 Å². The highest BCUT2D eigenvalue weighted by molar-refractivity contribution is 8.13. The number of aryl methyl sites for hydroxylation is 1. The number of aromatic nitrogens is 1. The summed E-state index contributed by atoms with van der Waals surface area (Å²) >= 11 is 17.3. The van der Waals surface area contributed by atoms with E-state index in [1.54, 1.807) is 0 Å². The van der Waals surface area contributed by atoms with E-state index in [4.69, 9.17) is 39.5 Å². The number of hydrogen-bond donors (Lipinski definition) is 1. The molecule has 0 fully saturated rings. The van der Waals surface area contributed by atoms with Gasteiger partial charge in [0.25, 0.3) is 0 Å². The molecule has 1 aromatic carbocycles. The second kappa shape index (κ2) is 11.7. The number of fused-ring (bicyclic) bond motifs is 1. The molecule has 1 amide bonds. The highest BCUT2D eigenvalue weighted by atomic mass is 35.6. The van der Waals surface area contributed by atoms with Gasteiger partial charge in [-0.3, -0.25) is 0 Å². The zero-order chi connectivity index (χ0) is 23.0. The van der Waals surface area contributed by atoms with Crippen molar-refractivity contribution < 1.29 is 23.8 Å². The van der Waals surface area contributed by atoms with E-state index >= 15 is 0 Å². The maximum atomic E-state index is 12.4. The summed E-state index contributed by atoms with van der Waals surface area (Å²) in [6, 6.07) is 7.14. The zero-order valence-corrected chi connectivity index (χ0v) is 19.9. The van der Waals surface area contributed by atoms with Crippen molar-refractivity contribution in [2.75, 3.05) is 26.0 Å². The number of ether oxygens (including phenoxy) is 2. The lowest BCUT2D eigenvalue weighted by molar-refractivity contribution is -0.453. The summed E-state index contributed by atoms with van der Waals surface area (Å²) in [6.45, 7) is -0.253. The molecule has 0 saturated carbocycles. The fraction of sp³-hybridized carbons (Fsp3) is 0.421. The molecule has 8 nitrogen and oxygen atoms in total. The molecule has 1 unspecified atom stereocenters. The smallest absolute Gasteiger partial charge is 0.407 e. The van der Waals surface area contributed by atoms with Crippen molar-refractivity contribution in [2.24, 2.45) is 7.05 Å². The lowest BCUT2D eigenvalue weighted by Crippen LogP contribution is -2.40. The molecular weight excluding hydrogens is 489 g/mol. The summed E-state index contributed by atoms with van der Waals surface area (Å²) in [5, 5.41) is 15.3. The van der Waals surface area contributed by atoms with E-state index in [-0.39, 0.29) is 12.3 Å². The van der Waals surface area contributed by atoms with Gasteiger partial charge in [0, 0.05) is 36.3 Å². The van der Waals surface area contributed by atoms with Gasteiger partial charge >= 0.3 is 11.4 Å². The van der Waals surface area contributed by atoms with Crippen molar-refractivity contribution in [1.29, 1.82) is 0 Å². The third-order valence-electron chi connectivity index (χ3n) is 4.15. The van der Waals surface area contributed by atoms with Crippen LogP contribution in [0, 0.1) is 5.21 Å². The molecule has 0 saturated heterocycles. The number of para-hydroxylation sites is 1. The van der Waals surface area contributed by atoms with Crippen molar-refractivity contribution in [1.82, 2.24) is 9.88 Å². The van der Waals surface area contributed by atoms with Gasteiger partial charge in [0.2, 0.25) is 3.79 Å². The van der Waals surface area contributed by atoms with Crippen molar-refractivity contribution >= 4 is 75.1 Å². The molecule has 1 N–H and O–H groups in total. The summed E-state index contributed by atoms with van der Waals surface area (Å²) in [6.07, 6.45) is 3.03. The zero-order valence-electron chi connectivity index (χ0n) is 16.8. The number of amides is 1. The molecule has 1 atom stereocenters. The van der Waals surface area contributed by atoms with E-state index in [0.29, 0.717) is 6.42 Å². The van der Waals surface area contributed by atoms with Gasteiger partial charge < -0.3 is 24.6 Å². The molecule has 2 aromatic rings. The van der Waals surface area contributed by atoms with Crippen molar-refractivity contribution in [2.45, 2.75) is 16.3 Å². The Morgan fingerprint density at radius 2 is 2.06 bits per heavy atom. The fourth-order valence-corrected chi connectivity index (χ4v) is 3.59. The van der Waals surface area contributed by atoms with Crippen molar-refractivity contribution in [3.05, 3.63) is 41.2 Å². The quantitative estimate of drug-likeness (QED) is 0.142. The Labute approximate surface area is 199 Å². The van der Waals surface area contributed by atoms with Crippen LogP contribution in [0.3, 0.4) is 0 Å². The maximum absolute atomic E-state index is 12.4. The maximum Gasteiger partial charge on any atom is 0.407 e. The molecule has 0 aliphatic rings. The Kier molecular flexibility index (Phi) is 9.61. The molecule has 2 rings (SSSR count). The van der Waals surface area contributed by atoms with Crippen LogP contribution in [0.5, 0.6) is 0 Å². The van der Waals surface area contributed by atoms with Crippen LogP contribution in [0.15, 0.2) is 30.5 Å². The third kappa shape index (κ3) is 8.68. The topological polar surface area (TPSA) is 95.6 Å². The number of thioether (sulfide) groups is 1. The number of alkyl carbamates (subject to hydrolysis) is 1. The van der Waals surface area contributed by atoms with E-state index in [0.717, 1.165) is 33.0 Å². The minimum absolute atomic E-state index is 0.0286. The number of halogens is 3. The Morgan fingerprint density at radius 1 is 1.35 bits per heavy atom. The number of carbonyl (C=O) groups excluding carboxylic acids is 2. The first-order valence-corrected chi connectivity index (χ1v) is 11.2. The lowest BCUT2D eigenvalue weighted by atomic mass is 10.1. The summed E-state index contributed by atoms with van der Waals surface area (Å²) < 4.78 is 10.4. The molecular formula is C19H22Cl3N3O5S. The number of nitrogens with zero attached hydrogens (tertiary/aromatic N) is 2. The van der Waals surface area contributed by atoms with Crippen molar-refractivity contribution in [3.8, 4) is 0 Å². The number of carbonyl (C=O) groups is 2. The molecule has 31 heavy (non-hydrogen) atoms. The third-order valence-corrected chi connectivity index (χ3v) is 5.36. The van der Waals surface area contributed by atoms with Crippen molar-refractivity contribution in [3.63, 3.8) is 0 Å². The average molecular weight is 511 g/mol. The second-order valence-corrected chi connectivity index (χ2v) is 10.0. The summed E-state index contributed by atoms with van der Waals surface area (Å²) in [7, 11) is 3.15. The highest BCUT2D eigenvalue weighted by Crippen LogP contribution is 2.26. The van der Waals surface area contributed by atoms with Gasteiger partial charge in [0.1, 0.15) is 12.6 Å². The molecule has 0 aliphatic heterocycles. The van der Waals surface area contributed by atoms with E-state index in [1.165, 1.54) is 13.3 Å². The molecule has 170 valence electrons. The molecule has 0 bridgehead atoms. The van der Waals surface area contributed by atoms with Gasteiger partial charge in [-0.25, -0.2) is 14.3 Å². The Bertz CT molecular complexity index is 946. The average Bonchev–Trinajstić information content (AvgIpc) is 3.04. The normalized spacial score (nSPS) is 13.1. The van der Waals surface area contributed by atoms with Crippen LogP contribution >= 0.6 is 46.6 Å². The Morgan fingerprint density at radius 3 is 2.74 bits per heavy atom. The lowest BCUT2D eigenvalue weighted by Gasteiger charge is -2.14. The summed E-state index contributed by atoms with van der Waals surface area (Å²) in [5.41, 5.74) is 2.11. The molecule has 0 radical (unpaired) electrons. The van der Waals surface area contributed by atoms with E-state index in [1.807, 2.05) is 42.1 Å². The number of nitrogens with one attached hydrogen (secondary N) is 1. The van der Waals surface area contributed by atoms with Gasteiger partial charge in [0.05, 0.1) is 7.11 Å². The Hall–Kier alpha value is -1.81. The van der Waals surface area contributed by atoms with Crippen LogP contribution in [-0.4, -0.2) is 62.8 Å². The number of benzene rings is 1. The predicted molar refractivity (Wildman–Crippen MR) is 125 cm³/mol. The number of methoxy groups -OCH3 is 1. The molecule has 1 heterocycles. The van der Waals surface area contributed by atoms with Crippen LogP contribution in [0.2, 0.25) is 0 Å². The highest BCUT2D eigenvalue weighted by Gasteiger charge is 2.23. The predicted octanol–water partition coefficient (Wildman–Crippen LogP) is 4.27. The SMILES string of the molecule is COC(=O)NC(/C=[N+](\[O-])CCc1cn(C)c2ccccc12)CSC(=O)OCC(Cl)(Cl)Cl. The monoisotopic (exact) mass is 509 g/mol. The van der Waals surface area contributed by atoms with Gasteiger partial charge in [-0.1, -0.05) is 53.0 Å². The van der Waals surface area contributed by atoms with E-state index in [9.17, 15) is 14.8 Å². The van der Waals surface area contributed by atoms with Gasteiger partial charge in [0.15, 0.2) is 12.8 Å². The van der Waals surface area contributed by atoms with Crippen LogP contribution in [-0.2, 0) is 22.9 Å². The van der Waals surface area contributed by atoms with Crippen LogP contribution in [0.4, 0.5) is 9.59 Å². The van der Waals surface area contributed by atoms with E-state index in [2.05, 4.69) is 10.1 Å². The standard InChI is InChI=1S/C19H22Cl3N3O5S/c1-24-9-13(15-5-3-4-6-16(15)24)7-8-25(28)10-14(23-17(26)29-2)11-31-18(27)30-12-19(20,21)22/h3-6,9-10,14H,7-8,11-12H2,1-2H3,(H,23,26)/b25-10-. The minimum atomic E-state index is -1.72. The second-order valence-electron chi connectivity index (χ2n) is 6.53. The summed E-state index contributed by atoms with van der Waals surface area (Å²) in [5.74, 6) is 0.0286. The molecule has 1 aromatic heterocycles. The summed E-state index contributed by atoms with van der Waals surface area (Å²) in [4.78, 5) is 23.4.